The summed E-state index contributed by atoms with van der Waals surface area (Å²) >= 11 is 0. The average Bonchev–Trinajstić information content (AvgIpc) is 2.80. The predicted octanol–water partition coefficient (Wildman–Crippen LogP) is 2.21. The van der Waals surface area contributed by atoms with Crippen LogP contribution in [0.5, 0.6) is 0 Å². The van der Waals surface area contributed by atoms with Crippen LogP contribution in [0.2, 0.25) is 0 Å². The number of nitrogens with zero attached hydrogens (tertiary/aromatic N) is 2. The molecular weight excluding hydrogens is 236 g/mol. The van der Waals surface area contributed by atoms with Crippen LogP contribution in [0.25, 0.3) is 0 Å². The van der Waals surface area contributed by atoms with E-state index in [9.17, 15) is 0 Å². The van der Waals surface area contributed by atoms with Crippen LogP contribution in [-0.2, 0) is 0 Å². The highest BCUT2D eigenvalue weighted by atomic mass is 15.2. The number of nitrogens with one attached hydrogen (secondary N) is 2. The van der Waals surface area contributed by atoms with Crippen LogP contribution in [0.1, 0.15) is 52.4 Å². The summed E-state index contributed by atoms with van der Waals surface area (Å²) in [4.78, 5) is 6.75. The molecule has 2 unspecified atom stereocenters. The second-order valence-corrected chi connectivity index (χ2v) is 5.77. The van der Waals surface area contributed by atoms with Crippen LogP contribution >= 0.6 is 0 Å². The van der Waals surface area contributed by atoms with Gasteiger partial charge in [0.2, 0.25) is 0 Å². The van der Waals surface area contributed by atoms with E-state index in [1.807, 2.05) is 7.05 Å². The fourth-order valence-electron chi connectivity index (χ4n) is 2.65. The number of hydrogen-bond donors (Lipinski definition) is 2. The molecule has 1 heterocycles. The number of hydrogen-bond acceptors (Lipinski definition) is 2. The van der Waals surface area contributed by atoms with Gasteiger partial charge in [0.25, 0.3) is 0 Å². The molecule has 2 atom stereocenters. The standard InChI is InChI=1S/C15H32N4/c1-5-6-7-9-13(2)18-15(16-3)17-12-14-10-8-11-19(14)4/h13-14H,5-12H2,1-4H3,(H2,16,17,18). The van der Waals surface area contributed by atoms with Gasteiger partial charge in [-0.2, -0.15) is 0 Å². The molecule has 4 nitrogen and oxygen atoms in total. The first-order valence-corrected chi connectivity index (χ1v) is 7.84. The summed E-state index contributed by atoms with van der Waals surface area (Å²) in [6.45, 7) is 6.71. The Morgan fingerprint density at radius 3 is 2.79 bits per heavy atom. The topological polar surface area (TPSA) is 39.7 Å². The van der Waals surface area contributed by atoms with Crippen molar-refractivity contribution in [2.45, 2.75) is 64.5 Å². The molecule has 19 heavy (non-hydrogen) atoms. The molecule has 1 aliphatic heterocycles. The average molecular weight is 268 g/mol. The van der Waals surface area contributed by atoms with Crippen LogP contribution in [0.3, 0.4) is 0 Å². The van der Waals surface area contributed by atoms with Gasteiger partial charge in [0.15, 0.2) is 5.96 Å². The van der Waals surface area contributed by atoms with Crippen molar-refractivity contribution in [1.82, 2.24) is 15.5 Å². The minimum absolute atomic E-state index is 0.499. The van der Waals surface area contributed by atoms with E-state index in [2.05, 4.69) is 41.4 Å². The Bertz CT molecular complexity index is 265. The maximum atomic E-state index is 4.32. The Morgan fingerprint density at radius 2 is 2.21 bits per heavy atom. The van der Waals surface area contributed by atoms with Crippen molar-refractivity contribution in [2.75, 3.05) is 27.2 Å². The zero-order valence-corrected chi connectivity index (χ0v) is 13.2. The van der Waals surface area contributed by atoms with Crippen LogP contribution in [-0.4, -0.2) is 50.1 Å². The van der Waals surface area contributed by atoms with Crippen molar-refractivity contribution in [3.05, 3.63) is 0 Å². The first kappa shape index (κ1) is 16.3. The largest absolute Gasteiger partial charge is 0.355 e. The SMILES string of the molecule is CCCCCC(C)NC(=NC)NCC1CCCN1C. The summed E-state index contributed by atoms with van der Waals surface area (Å²) in [5, 5.41) is 6.95. The zero-order chi connectivity index (χ0) is 14.1. The smallest absolute Gasteiger partial charge is 0.191 e. The molecule has 2 N–H and O–H groups in total. The van der Waals surface area contributed by atoms with E-state index in [0.29, 0.717) is 12.1 Å². The van der Waals surface area contributed by atoms with E-state index in [1.54, 1.807) is 0 Å². The summed E-state index contributed by atoms with van der Waals surface area (Å²) in [5.41, 5.74) is 0. The lowest BCUT2D eigenvalue weighted by molar-refractivity contribution is 0.309. The molecule has 0 aromatic rings. The summed E-state index contributed by atoms with van der Waals surface area (Å²) < 4.78 is 0. The number of guanidine groups is 1. The van der Waals surface area contributed by atoms with E-state index in [-0.39, 0.29) is 0 Å². The van der Waals surface area contributed by atoms with Crippen molar-refractivity contribution in [3.63, 3.8) is 0 Å². The van der Waals surface area contributed by atoms with Crippen molar-refractivity contribution >= 4 is 5.96 Å². The van der Waals surface area contributed by atoms with Crippen molar-refractivity contribution < 1.29 is 0 Å². The monoisotopic (exact) mass is 268 g/mol. The van der Waals surface area contributed by atoms with Crippen LogP contribution in [0.4, 0.5) is 0 Å². The van der Waals surface area contributed by atoms with E-state index < -0.39 is 0 Å². The summed E-state index contributed by atoms with van der Waals surface area (Å²) in [7, 11) is 4.06. The number of rotatable bonds is 7. The lowest BCUT2D eigenvalue weighted by Crippen LogP contribution is -2.46. The Kier molecular flexibility index (Phi) is 7.87. The van der Waals surface area contributed by atoms with Gasteiger partial charge in [0, 0.05) is 25.7 Å². The van der Waals surface area contributed by atoms with Crippen molar-refractivity contribution in [1.29, 1.82) is 0 Å². The van der Waals surface area contributed by atoms with E-state index in [1.165, 1.54) is 45.1 Å². The highest BCUT2D eigenvalue weighted by Gasteiger charge is 2.20. The Labute approximate surface area is 119 Å². The molecule has 0 aromatic heterocycles. The third-order valence-corrected chi connectivity index (χ3v) is 4.02. The molecule has 1 saturated heterocycles. The zero-order valence-electron chi connectivity index (χ0n) is 13.2. The second kappa shape index (κ2) is 9.18. The van der Waals surface area contributed by atoms with Gasteiger partial charge in [0.1, 0.15) is 0 Å². The number of aliphatic imine (C=N–C) groups is 1. The van der Waals surface area contributed by atoms with Crippen LogP contribution < -0.4 is 10.6 Å². The molecule has 1 fully saturated rings. The molecule has 0 aromatic carbocycles. The van der Waals surface area contributed by atoms with Gasteiger partial charge in [0.05, 0.1) is 0 Å². The van der Waals surface area contributed by atoms with E-state index in [4.69, 9.17) is 0 Å². The minimum atomic E-state index is 0.499. The van der Waals surface area contributed by atoms with Gasteiger partial charge >= 0.3 is 0 Å². The second-order valence-electron chi connectivity index (χ2n) is 5.77. The third kappa shape index (κ3) is 6.28. The predicted molar refractivity (Wildman–Crippen MR) is 83.8 cm³/mol. The quantitative estimate of drug-likeness (QED) is 0.422. The summed E-state index contributed by atoms with van der Waals surface area (Å²) in [6.07, 6.45) is 7.75. The van der Waals surface area contributed by atoms with Gasteiger partial charge in [-0.25, -0.2) is 0 Å². The Hall–Kier alpha value is -0.770. The van der Waals surface area contributed by atoms with Crippen molar-refractivity contribution in [2.24, 2.45) is 4.99 Å². The number of likely N-dealkylation sites (N-methyl/N-ethyl adjacent to an activating group) is 1. The maximum absolute atomic E-state index is 4.32. The Balaban J connectivity index is 2.21. The normalized spacial score (nSPS) is 22.5. The lowest BCUT2D eigenvalue weighted by atomic mass is 10.1. The molecule has 112 valence electrons. The van der Waals surface area contributed by atoms with E-state index >= 15 is 0 Å². The van der Waals surface area contributed by atoms with Crippen LogP contribution in [0, 0.1) is 0 Å². The summed E-state index contributed by atoms with van der Waals surface area (Å²) in [5.74, 6) is 0.948. The molecule has 0 spiro atoms. The molecule has 0 amide bonds. The minimum Gasteiger partial charge on any atom is -0.355 e. The lowest BCUT2D eigenvalue weighted by Gasteiger charge is -2.23. The molecule has 1 rings (SSSR count). The van der Waals surface area contributed by atoms with Crippen molar-refractivity contribution in [3.8, 4) is 0 Å². The molecule has 1 aliphatic rings. The highest BCUT2D eigenvalue weighted by Crippen LogP contribution is 2.13. The highest BCUT2D eigenvalue weighted by molar-refractivity contribution is 5.79. The van der Waals surface area contributed by atoms with Gasteiger partial charge < -0.3 is 15.5 Å². The molecule has 0 aliphatic carbocycles. The summed E-state index contributed by atoms with van der Waals surface area (Å²) in [6, 6.07) is 1.16. The van der Waals surface area contributed by atoms with Gasteiger partial charge in [-0.1, -0.05) is 26.2 Å². The number of likely N-dealkylation sites (tertiary alicyclic amines) is 1. The third-order valence-electron chi connectivity index (χ3n) is 4.02. The fraction of sp³-hybridized carbons (Fsp3) is 0.933. The molecule has 0 bridgehead atoms. The molecule has 0 radical (unpaired) electrons. The van der Waals surface area contributed by atoms with E-state index in [0.717, 1.165) is 12.5 Å². The molecule has 0 saturated carbocycles. The maximum Gasteiger partial charge on any atom is 0.191 e. The molecular formula is C15H32N4. The first-order chi connectivity index (χ1) is 9.17. The number of unbranched alkanes of at least 4 members (excludes halogenated alkanes) is 2. The van der Waals surface area contributed by atoms with Gasteiger partial charge in [-0.3, -0.25) is 4.99 Å². The Morgan fingerprint density at radius 1 is 1.42 bits per heavy atom. The first-order valence-electron chi connectivity index (χ1n) is 7.84. The van der Waals surface area contributed by atoms with Gasteiger partial charge in [-0.15, -0.1) is 0 Å². The fourth-order valence-corrected chi connectivity index (χ4v) is 2.65. The van der Waals surface area contributed by atoms with Crippen LogP contribution in [0.15, 0.2) is 4.99 Å². The van der Waals surface area contributed by atoms with Gasteiger partial charge in [-0.05, 0) is 39.8 Å². The molecule has 4 heteroatoms.